The summed E-state index contributed by atoms with van der Waals surface area (Å²) in [7, 11) is 3.48. The topological polar surface area (TPSA) is 66.0 Å². The van der Waals surface area contributed by atoms with E-state index < -0.39 is 0 Å². The first kappa shape index (κ1) is 20.1. The van der Waals surface area contributed by atoms with Gasteiger partial charge in [-0.3, -0.25) is 4.79 Å². The van der Waals surface area contributed by atoms with E-state index in [0.717, 1.165) is 19.4 Å². The molecular weight excluding hydrogens is 352 g/mol. The van der Waals surface area contributed by atoms with Crippen molar-refractivity contribution in [1.29, 1.82) is 0 Å². The molecule has 0 spiro atoms. The molecule has 1 fully saturated rings. The van der Waals surface area contributed by atoms with Crippen LogP contribution in [0.2, 0.25) is 0 Å². The lowest BCUT2D eigenvalue weighted by Gasteiger charge is -2.21. The van der Waals surface area contributed by atoms with Crippen molar-refractivity contribution in [2.45, 2.75) is 31.9 Å². The van der Waals surface area contributed by atoms with Crippen LogP contribution in [0, 0.1) is 0 Å². The Hall–Kier alpha value is -2.60. The lowest BCUT2D eigenvalue weighted by Crippen LogP contribution is -2.42. The highest BCUT2D eigenvalue weighted by atomic mass is 16.5. The molecule has 28 heavy (non-hydrogen) atoms. The summed E-state index contributed by atoms with van der Waals surface area (Å²) in [5.74, 6) is 0.599. The van der Waals surface area contributed by atoms with Crippen molar-refractivity contribution in [3.05, 3.63) is 48.0 Å². The molecule has 1 aliphatic rings. The molecule has 0 aromatic heterocycles. The van der Waals surface area contributed by atoms with Crippen LogP contribution in [0.15, 0.2) is 47.5 Å². The zero-order valence-corrected chi connectivity index (χ0v) is 16.9. The first-order chi connectivity index (χ1) is 13.5. The number of aliphatic imine (C=N–C) groups is 1. The number of likely N-dealkylation sites (N-methyl/N-ethyl adjacent to an activating group) is 1. The number of guanidine groups is 1. The molecular formula is C22H30N4O2. The second-order valence-electron chi connectivity index (χ2n) is 7.40. The highest BCUT2D eigenvalue weighted by molar-refractivity contribution is 5.88. The Kier molecular flexibility index (Phi) is 6.87. The van der Waals surface area contributed by atoms with Crippen LogP contribution in [-0.2, 0) is 9.53 Å². The van der Waals surface area contributed by atoms with E-state index in [1.807, 2.05) is 6.07 Å². The van der Waals surface area contributed by atoms with E-state index in [4.69, 9.17) is 4.74 Å². The Morgan fingerprint density at radius 2 is 2.04 bits per heavy atom. The lowest BCUT2D eigenvalue weighted by molar-refractivity contribution is -0.127. The highest BCUT2D eigenvalue weighted by Crippen LogP contribution is 2.24. The number of nitrogens with zero attached hydrogens (tertiary/aromatic N) is 2. The zero-order valence-electron chi connectivity index (χ0n) is 16.9. The fourth-order valence-corrected chi connectivity index (χ4v) is 3.37. The van der Waals surface area contributed by atoms with E-state index in [2.05, 4.69) is 58.9 Å². The van der Waals surface area contributed by atoms with E-state index in [9.17, 15) is 4.79 Å². The number of rotatable bonds is 6. The highest BCUT2D eigenvalue weighted by Gasteiger charge is 2.17. The third-order valence-corrected chi connectivity index (χ3v) is 5.04. The van der Waals surface area contributed by atoms with Gasteiger partial charge in [-0.15, -0.1) is 0 Å². The monoisotopic (exact) mass is 382 g/mol. The van der Waals surface area contributed by atoms with Crippen LogP contribution in [0.25, 0.3) is 10.8 Å². The van der Waals surface area contributed by atoms with Crippen LogP contribution >= 0.6 is 0 Å². The van der Waals surface area contributed by atoms with Gasteiger partial charge in [-0.1, -0.05) is 42.5 Å². The van der Waals surface area contributed by atoms with Crippen LogP contribution in [0.5, 0.6) is 0 Å². The molecule has 2 aromatic rings. The number of carbonyl (C=O) groups excluding carboxylic acids is 1. The SMILES string of the molecule is CC(NC(=NCC(=O)N(C)C)NCC1CCCO1)c1cccc2ccccc12. The predicted molar refractivity (Wildman–Crippen MR) is 113 cm³/mol. The van der Waals surface area contributed by atoms with Gasteiger partial charge < -0.3 is 20.3 Å². The molecule has 0 aliphatic carbocycles. The smallest absolute Gasteiger partial charge is 0.243 e. The lowest BCUT2D eigenvalue weighted by atomic mass is 10.00. The number of hydrogen-bond donors (Lipinski definition) is 2. The molecule has 1 heterocycles. The Morgan fingerprint density at radius 3 is 2.79 bits per heavy atom. The van der Waals surface area contributed by atoms with Gasteiger partial charge in [0.25, 0.3) is 0 Å². The average molecular weight is 383 g/mol. The summed E-state index contributed by atoms with van der Waals surface area (Å²) in [6.45, 7) is 3.72. The van der Waals surface area contributed by atoms with Gasteiger partial charge in [0.2, 0.25) is 5.91 Å². The van der Waals surface area contributed by atoms with Crippen molar-refractivity contribution in [1.82, 2.24) is 15.5 Å². The van der Waals surface area contributed by atoms with Gasteiger partial charge in [-0.25, -0.2) is 4.99 Å². The van der Waals surface area contributed by atoms with Crippen LogP contribution in [0.3, 0.4) is 0 Å². The number of ether oxygens (including phenoxy) is 1. The fraction of sp³-hybridized carbons (Fsp3) is 0.455. The maximum Gasteiger partial charge on any atom is 0.243 e. The van der Waals surface area contributed by atoms with Gasteiger partial charge >= 0.3 is 0 Å². The van der Waals surface area contributed by atoms with Crippen molar-refractivity contribution >= 4 is 22.6 Å². The molecule has 1 aliphatic heterocycles. The first-order valence-corrected chi connectivity index (χ1v) is 9.89. The fourth-order valence-electron chi connectivity index (χ4n) is 3.37. The minimum atomic E-state index is -0.0315. The average Bonchev–Trinajstić information content (AvgIpc) is 3.22. The summed E-state index contributed by atoms with van der Waals surface area (Å²) >= 11 is 0. The van der Waals surface area contributed by atoms with Crippen LogP contribution in [0.4, 0.5) is 0 Å². The van der Waals surface area contributed by atoms with Crippen molar-refractivity contribution in [3.63, 3.8) is 0 Å². The molecule has 2 aromatic carbocycles. The van der Waals surface area contributed by atoms with Crippen molar-refractivity contribution < 1.29 is 9.53 Å². The van der Waals surface area contributed by atoms with Crippen molar-refractivity contribution in [2.75, 3.05) is 33.8 Å². The molecule has 6 nitrogen and oxygen atoms in total. The van der Waals surface area contributed by atoms with Gasteiger partial charge in [-0.05, 0) is 36.1 Å². The molecule has 150 valence electrons. The molecule has 2 N–H and O–H groups in total. The van der Waals surface area contributed by atoms with Gasteiger partial charge in [0.1, 0.15) is 6.54 Å². The van der Waals surface area contributed by atoms with Crippen molar-refractivity contribution in [3.8, 4) is 0 Å². The quantitative estimate of drug-likeness (QED) is 0.596. The van der Waals surface area contributed by atoms with Crippen LogP contribution in [-0.4, -0.2) is 56.7 Å². The van der Waals surface area contributed by atoms with Crippen LogP contribution < -0.4 is 10.6 Å². The number of amides is 1. The zero-order chi connectivity index (χ0) is 19.9. The standard InChI is InChI=1S/C22H30N4O2/c1-16(19-12-6-9-17-8-4-5-11-20(17)19)25-22(24-15-21(27)26(2)3)23-14-18-10-7-13-28-18/h4-6,8-9,11-12,16,18H,7,10,13-15H2,1-3H3,(H2,23,24,25). The predicted octanol–water partition coefficient (Wildman–Crippen LogP) is 2.70. The molecule has 2 unspecified atom stereocenters. The second kappa shape index (κ2) is 9.55. The number of benzene rings is 2. The molecule has 2 atom stereocenters. The molecule has 0 bridgehead atoms. The number of hydrogen-bond acceptors (Lipinski definition) is 3. The normalized spacial score (nSPS) is 18.1. The summed E-state index contributed by atoms with van der Waals surface area (Å²) < 4.78 is 5.69. The summed E-state index contributed by atoms with van der Waals surface area (Å²) in [6, 6.07) is 14.7. The van der Waals surface area contributed by atoms with E-state index in [1.54, 1.807) is 19.0 Å². The summed E-state index contributed by atoms with van der Waals surface area (Å²) in [5, 5.41) is 9.23. The molecule has 1 saturated heterocycles. The van der Waals surface area contributed by atoms with E-state index in [-0.39, 0.29) is 24.6 Å². The number of nitrogens with one attached hydrogen (secondary N) is 2. The van der Waals surface area contributed by atoms with Gasteiger partial charge in [-0.2, -0.15) is 0 Å². The summed E-state index contributed by atoms with van der Waals surface area (Å²) in [5.41, 5.74) is 1.20. The molecule has 3 rings (SSSR count). The number of fused-ring (bicyclic) bond motifs is 1. The molecule has 6 heteroatoms. The first-order valence-electron chi connectivity index (χ1n) is 9.89. The Balaban J connectivity index is 1.74. The third-order valence-electron chi connectivity index (χ3n) is 5.04. The van der Waals surface area contributed by atoms with Gasteiger partial charge in [0.15, 0.2) is 5.96 Å². The second-order valence-corrected chi connectivity index (χ2v) is 7.40. The summed E-state index contributed by atoms with van der Waals surface area (Å²) in [4.78, 5) is 18.0. The molecule has 0 saturated carbocycles. The van der Waals surface area contributed by atoms with Crippen LogP contribution in [0.1, 0.15) is 31.4 Å². The van der Waals surface area contributed by atoms with Crippen molar-refractivity contribution in [2.24, 2.45) is 4.99 Å². The van der Waals surface area contributed by atoms with Gasteiger partial charge in [0, 0.05) is 27.2 Å². The van der Waals surface area contributed by atoms with E-state index in [0.29, 0.717) is 12.5 Å². The third kappa shape index (κ3) is 5.23. The minimum absolute atomic E-state index is 0.0315. The number of carbonyl (C=O) groups is 1. The minimum Gasteiger partial charge on any atom is -0.376 e. The van der Waals surface area contributed by atoms with E-state index >= 15 is 0 Å². The molecule has 1 amide bonds. The van der Waals surface area contributed by atoms with Gasteiger partial charge in [0.05, 0.1) is 12.1 Å². The molecule has 0 radical (unpaired) electrons. The maximum atomic E-state index is 12.0. The Bertz CT molecular complexity index is 823. The summed E-state index contributed by atoms with van der Waals surface area (Å²) in [6.07, 6.45) is 2.34. The maximum absolute atomic E-state index is 12.0. The van der Waals surface area contributed by atoms with E-state index in [1.165, 1.54) is 16.3 Å². The Labute approximate surface area is 167 Å². The Morgan fingerprint density at radius 1 is 1.25 bits per heavy atom. The largest absolute Gasteiger partial charge is 0.376 e.